The van der Waals surface area contributed by atoms with E-state index in [0.717, 1.165) is 11.3 Å². The summed E-state index contributed by atoms with van der Waals surface area (Å²) in [5.41, 5.74) is 9.53. The van der Waals surface area contributed by atoms with E-state index in [1.807, 2.05) is 30.3 Å². The van der Waals surface area contributed by atoms with Crippen molar-refractivity contribution in [1.82, 2.24) is 0 Å². The van der Waals surface area contributed by atoms with E-state index in [4.69, 9.17) is 10.3 Å². The summed E-state index contributed by atoms with van der Waals surface area (Å²) in [6.07, 6.45) is 0. The topological polar surface area (TPSA) is 58.0 Å². The minimum atomic E-state index is -0.268. The van der Waals surface area contributed by atoms with Crippen LogP contribution in [0.3, 0.4) is 0 Å². The molecule has 2 rings (SSSR count). The van der Waals surface area contributed by atoms with Crippen LogP contribution in [0.25, 0.3) is 10.4 Å². The van der Waals surface area contributed by atoms with E-state index in [1.165, 1.54) is 7.14 Å². The molecule has 0 radical (unpaired) electrons. The van der Waals surface area contributed by atoms with E-state index in [0.29, 0.717) is 6.54 Å². The standard InChI is InChI=1S/C14H13IN3O/c1-19-13-8-6-12(7-9-13)15-14-5-3-2-4-11(14)10-17-18-16/h2-9H,10H2,1H3/q+1. The number of benzene rings is 2. The highest BCUT2D eigenvalue weighted by Crippen LogP contribution is 2.06. The van der Waals surface area contributed by atoms with Crippen LogP contribution in [0.2, 0.25) is 0 Å². The second-order valence-corrected chi connectivity index (χ2v) is 6.68. The smallest absolute Gasteiger partial charge is 0.358 e. The fourth-order valence-corrected chi connectivity index (χ4v) is 4.05. The summed E-state index contributed by atoms with van der Waals surface area (Å²) in [5.74, 6) is 0.870. The first-order valence-electron chi connectivity index (χ1n) is 5.71. The van der Waals surface area contributed by atoms with Gasteiger partial charge in [0, 0.05) is 10.5 Å². The number of nitrogens with zero attached hydrogens (tertiary/aromatic N) is 3. The number of azide groups is 1. The summed E-state index contributed by atoms with van der Waals surface area (Å²) in [5, 5.41) is 3.65. The van der Waals surface area contributed by atoms with Crippen molar-refractivity contribution in [3.8, 4) is 5.75 Å². The molecule has 0 aliphatic rings. The molecule has 0 N–H and O–H groups in total. The lowest BCUT2D eigenvalue weighted by molar-refractivity contribution is -0.598. The minimum absolute atomic E-state index is 0.268. The highest BCUT2D eigenvalue weighted by Gasteiger charge is 2.18. The Balaban J connectivity index is 2.19. The Morgan fingerprint density at radius 1 is 1.16 bits per heavy atom. The molecule has 19 heavy (non-hydrogen) atoms. The molecule has 0 spiro atoms. The Labute approximate surface area is 122 Å². The number of halogens is 1. The number of ether oxygens (including phenoxy) is 1. The van der Waals surface area contributed by atoms with Crippen LogP contribution < -0.4 is 25.9 Å². The highest BCUT2D eigenvalue weighted by atomic mass is 127. The van der Waals surface area contributed by atoms with Crippen molar-refractivity contribution < 1.29 is 25.9 Å². The first kappa shape index (κ1) is 13.7. The van der Waals surface area contributed by atoms with Gasteiger partial charge in [-0.3, -0.25) is 0 Å². The van der Waals surface area contributed by atoms with Crippen LogP contribution in [0.1, 0.15) is 5.56 Å². The van der Waals surface area contributed by atoms with Crippen molar-refractivity contribution in [2.45, 2.75) is 6.54 Å². The summed E-state index contributed by atoms with van der Waals surface area (Å²) in [4.78, 5) is 2.82. The molecular weight excluding hydrogens is 353 g/mol. The summed E-state index contributed by atoms with van der Waals surface area (Å²) in [6.45, 7) is 0.419. The van der Waals surface area contributed by atoms with E-state index in [9.17, 15) is 0 Å². The predicted molar refractivity (Wildman–Crippen MR) is 69.7 cm³/mol. The van der Waals surface area contributed by atoms with Gasteiger partial charge in [0.25, 0.3) is 0 Å². The molecule has 96 valence electrons. The number of hydrogen-bond donors (Lipinski definition) is 0. The van der Waals surface area contributed by atoms with Crippen LogP contribution in [-0.4, -0.2) is 7.11 Å². The van der Waals surface area contributed by atoms with Gasteiger partial charge < -0.3 is 4.74 Å². The van der Waals surface area contributed by atoms with E-state index in [1.54, 1.807) is 7.11 Å². The molecule has 0 unspecified atom stereocenters. The summed E-state index contributed by atoms with van der Waals surface area (Å²) < 4.78 is 7.76. The van der Waals surface area contributed by atoms with Crippen LogP contribution in [0.5, 0.6) is 5.75 Å². The van der Waals surface area contributed by atoms with Gasteiger partial charge in [-0.15, -0.1) is 0 Å². The Morgan fingerprint density at radius 3 is 2.58 bits per heavy atom. The molecule has 0 bridgehead atoms. The van der Waals surface area contributed by atoms with Crippen molar-refractivity contribution in [3.63, 3.8) is 0 Å². The van der Waals surface area contributed by atoms with Crippen molar-refractivity contribution in [2.75, 3.05) is 7.11 Å². The quantitative estimate of drug-likeness (QED) is 0.332. The maximum absolute atomic E-state index is 8.42. The van der Waals surface area contributed by atoms with Crippen molar-refractivity contribution in [3.05, 3.63) is 71.7 Å². The highest BCUT2D eigenvalue weighted by molar-refractivity contribution is 5.21. The minimum Gasteiger partial charge on any atom is -0.497 e. The lowest BCUT2D eigenvalue weighted by Gasteiger charge is -1.97. The molecule has 0 aliphatic carbocycles. The zero-order valence-corrected chi connectivity index (χ0v) is 12.6. The van der Waals surface area contributed by atoms with Crippen LogP contribution >= 0.6 is 0 Å². The molecule has 0 amide bonds. The fourth-order valence-electron chi connectivity index (χ4n) is 1.58. The van der Waals surface area contributed by atoms with Gasteiger partial charge in [-0.1, -0.05) is 23.3 Å². The second kappa shape index (κ2) is 7.01. The molecule has 0 aliphatic heterocycles. The SMILES string of the molecule is COc1ccc([I+]c2ccccc2CN=[N+]=[N-])cc1. The summed E-state index contributed by atoms with van der Waals surface area (Å²) >= 11 is -0.268. The Kier molecular flexibility index (Phi) is 5.06. The Hall–Kier alpha value is -1.72. The van der Waals surface area contributed by atoms with Crippen molar-refractivity contribution in [2.24, 2.45) is 5.11 Å². The third-order valence-corrected chi connectivity index (χ3v) is 5.50. The van der Waals surface area contributed by atoms with Gasteiger partial charge in [0.15, 0.2) is 7.14 Å². The lowest BCUT2D eigenvalue weighted by Crippen LogP contribution is -3.61. The molecule has 5 heteroatoms. The number of methoxy groups -OCH3 is 1. The third kappa shape index (κ3) is 3.87. The van der Waals surface area contributed by atoms with Crippen LogP contribution in [0.4, 0.5) is 0 Å². The molecule has 0 fully saturated rings. The Morgan fingerprint density at radius 2 is 1.89 bits per heavy atom. The predicted octanol–water partition coefficient (Wildman–Crippen LogP) is 0.634. The number of hydrogen-bond acceptors (Lipinski definition) is 2. The van der Waals surface area contributed by atoms with E-state index in [2.05, 4.69) is 28.2 Å². The van der Waals surface area contributed by atoms with Crippen molar-refractivity contribution >= 4 is 0 Å². The molecule has 0 atom stereocenters. The average molecular weight is 366 g/mol. The van der Waals surface area contributed by atoms with Crippen molar-refractivity contribution in [1.29, 1.82) is 0 Å². The van der Waals surface area contributed by atoms with Gasteiger partial charge >= 0.3 is 21.2 Å². The monoisotopic (exact) mass is 366 g/mol. The zero-order valence-electron chi connectivity index (χ0n) is 10.5. The summed E-state index contributed by atoms with van der Waals surface area (Å²) in [7, 11) is 1.67. The molecule has 2 aromatic rings. The van der Waals surface area contributed by atoms with Gasteiger partial charge in [0.05, 0.1) is 13.7 Å². The van der Waals surface area contributed by atoms with E-state index in [-0.39, 0.29) is 21.2 Å². The zero-order chi connectivity index (χ0) is 13.5. The van der Waals surface area contributed by atoms with Gasteiger partial charge in [-0.25, -0.2) is 0 Å². The lowest BCUT2D eigenvalue weighted by atomic mass is 10.2. The normalized spacial score (nSPS) is 9.74. The van der Waals surface area contributed by atoms with Gasteiger partial charge in [0.1, 0.15) is 5.75 Å². The Bertz CT molecular complexity index is 592. The molecule has 0 heterocycles. The van der Waals surface area contributed by atoms with Gasteiger partial charge in [0.2, 0.25) is 0 Å². The van der Waals surface area contributed by atoms with Gasteiger partial charge in [-0.2, -0.15) is 0 Å². The second-order valence-electron chi connectivity index (χ2n) is 3.73. The third-order valence-electron chi connectivity index (χ3n) is 2.52. The van der Waals surface area contributed by atoms with Crippen LogP contribution in [-0.2, 0) is 6.54 Å². The molecule has 0 saturated heterocycles. The van der Waals surface area contributed by atoms with E-state index < -0.39 is 0 Å². The van der Waals surface area contributed by atoms with Crippen LogP contribution in [0.15, 0.2) is 53.6 Å². The summed E-state index contributed by atoms with van der Waals surface area (Å²) in [6, 6.07) is 16.3. The first-order valence-corrected chi connectivity index (χ1v) is 7.87. The molecule has 2 aromatic carbocycles. The van der Waals surface area contributed by atoms with Crippen LogP contribution in [0, 0.1) is 7.14 Å². The fraction of sp³-hybridized carbons (Fsp3) is 0.143. The number of rotatable bonds is 5. The average Bonchev–Trinajstić information content (AvgIpc) is 2.47. The molecule has 0 aromatic heterocycles. The maximum atomic E-state index is 8.42. The van der Waals surface area contributed by atoms with Gasteiger partial charge in [-0.05, 0) is 35.9 Å². The largest absolute Gasteiger partial charge is 0.497 e. The maximum Gasteiger partial charge on any atom is 0.358 e. The molecule has 0 saturated carbocycles. The van der Waals surface area contributed by atoms with E-state index >= 15 is 0 Å². The molecule has 4 nitrogen and oxygen atoms in total. The molecular formula is C14H13IN3O+. The first-order chi connectivity index (χ1) is 9.33.